The Morgan fingerprint density at radius 1 is 1.19 bits per heavy atom. The Balaban J connectivity index is 1.65. The monoisotopic (exact) mass is 386 g/mol. The third-order valence-corrected chi connectivity index (χ3v) is 5.32. The number of nitrogens with zero attached hydrogens (tertiary/aromatic N) is 3. The second kappa shape index (κ2) is 8.77. The number of rotatable bonds is 7. The molecule has 0 aliphatic carbocycles. The minimum absolute atomic E-state index is 0.0826. The van der Waals surface area contributed by atoms with E-state index in [4.69, 9.17) is 4.74 Å². The largest absolute Gasteiger partial charge is 0.497 e. The third kappa shape index (κ3) is 4.39. The van der Waals surface area contributed by atoms with Crippen molar-refractivity contribution >= 4 is 35.1 Å². The number of hydrogen-bond donors (Lipinski definition) is 1. The first-order valence-electron chi connectivity index (χ1n) is 7.81. The number of nitrogens with one attached hydrogen (secondary N) is 1. The Labute approximate surface area is 160 Å². The van der Waals surface area contributed by atoms with Crippen molar-refractivity contribution in [2.75, 3.05) is 24.4 Å². The van der Waals surface area contributed by atoms with Crippen LogP contribution in [0, 0.1) is 0 Å². The van der Waals surface area contributed by atoms with Crippen molar-refractivity contribution in [3.05, 3.63) is 54.9 Å². The number of thioether (sulfide) groups is 2. The van der Waals surface area contributed by atoms with E-state index in [1.807, 2.05) is 59.4 Å². The van der Waals surface area contributed by atoms with Crippen LogP contribution in [0.15, 0.2) is 64.9 Å². The van der Waals surface area contributed by atoms with Crippen LogP contribution in [0.2, 0.25) is 0 Å². The molecule has 0 aliphatic rings. The Hall–Kier alpha value is -2.45. The van der Waals surface area contributed by atoms with Gasteiger partial charge in [-0.15, -0.1) is 22.0 Å². The predicted molar refractivity (Wildman–Crippen MR) is 105 cm³/mol. The highest BCUT2D eigenvalue weighted by atomic mass is 32.2. The van der Waals surface area contributed by atoms with Gasteiger partial charge in [0, 0.05) is 10.6 Å². The van der Waals surface area contributed by atoms with Gasteiger partial charge in [0.2, 0.25) is 5.91 Å². The molecule has 3 aromatic rings. The van der Waals surface area contributed by atoms with Crippen LogP contribution in [-0.2, 0) is 4.79 Å². The van der Waals surface area contributed by atoms with Crippen molar-refractivity contribution in [1.29, 1.82) is 0 Å². The van der Waals surface area contributed by atoms with Crippen molar-refractivity contribution in [3.8, 4) is 11.4 Å². The van der Waals surface area contributed by atoms with E-state index in [0.29, 0.717) is 5.16 Å². The molecule has 0 saturated carbocycles. The molecule has 0 radical (unpaired) electrons. The van der Waals surface area contributed by atoms with E-state index in [0.717, 1.165) is 22.0 Å². The number of para-hydroxylation sites is 1. The lowest BCUT2D eigenvalue weighted by molar-refractivity contribution is -0.113. The fourth-order valence-electron chi connectivity index (χ4n) is 2.31. The predicted octanol–water partition coefficient (Wildman–Crippen LogP) is 3.73. The van der Waals surface area contributed by atoms with E-state index >= 15 is 0 Å². The van der Waals surface area contributed by atoms with Crippen LogP contribution in [0.5, 0.6) is 5.75 Å². The zero-order valence-corrected chi connectivity index (χ0v) is 16.0. The van der Waals surface area contributed by atoms with Crippen molar-refractivity contribution < 1.29 is 9.53 Å². The standard InChI is InChI=1S/C18H18N4O2S2/c1-24-14-9-7-13(8-10-14)22-12-19-21-18(22)26-11-17(23)20-15-5-3-4-6-16(15)25-2/h3-10,12H,11H2,1-2H3,(H,20,23). The highest BCUT2D eigenvalue weighted by Crippen LogP contribution is 2.25. The number of aromatic nitrogens is 3. The summed E-state index contributed by atoms with van der Waals surface area (Å²) < 4.78 is 7.01. The van der Waals surface area contributed by atoms with Crippen LogP contribution >= 0.6 is 23.5 Å². The van der Waals surface area contributed by atoms with E-state index in [1.165, 1.54) is 11.8 Å². The lowest BCUT2D eigenvalue weighted by Crippen LogP contribution is -2.15. The summed E-state index contributed by atoms with van der Waals surface area (Å²) in [5, 5.41) is 11.7. The first-order chi connectivity index (χ1) is 12.7. The maximum absolute atomic E-state index is 12.3. The molecule has 134 valence electrons. The van der Waals surface area contributed by atoms with E-state index in [1.54, 1.807) is 25.2 Å². The summed E-state index contributed by atoms with van der Waals surface area (Å²) in [4.78, 5) is 13.3. The molecule has 0 aliphatic heterocycles. The van der Waals surface area contributed by atoms with Crippen LogP contribution in [0.25, 0.3) is 5.69 Å². The van der Waals surface area contributed by atoms with Gasteiger partial charge in [-0.25, -0.2) is 0 Å². The van der Waals surface area contributed by atoms with Crippen LogP contribution in [0.1, 0.15) is 0 Å². The van der Waals surface area contributed by atoms with Gasteiger partial charge in [0.25, 0.3) is 0 Å². The quantitative estimate of drug-likeness (QED) is 0.624. The molecular formula is C18H18N4O2S2. The van der Waals surface area contributed by atoms with Gasteiger partial charge in [0.1, 0.15) is 12.1 Å². The lowest BCUT2D eigenvalue weighted by atomic mass is 10.3. The average molecular weight is 387 g/mol. The number of benzene rings is 2. The van der Waals surface area contributed by atoms with Crippen molar-refractivity contribution in [2.24, 2.45) is 0 Å². The molecule has 2 aromatic carbocycles. The molecule has 1 N–H and O–H groups in total. The maximum Gasteiger partial charge on any atom is 0.234 e. The highest BCUT2D eigenvalue weighted by Gasteiger charge is 2.11. The summed E-state index contributed by atoms with van der Waals surface area (Å²) in [6.45, 7) is 0. The number of carbonyl (C=O) groups excluding carboxylic acids is 1. The van der Waals surface area contributed by atoms with Gasteiger partial charge in [-0.3, -0.25) is 9.36 Å². The molecule has 1 aromatic heterocycles. The zero-order valence-electron chi connectivity index (χ0n) is 14.4. The van der Waals surface area contributed by atoms with E-state index < -0.39 is 0 Å². The molecule has 6 nitrogen and oxygen atoms in total. The SMILES string of the molecule is COc1ccc(-n2cnnc2SCC(=O)Nc2ccccc2SC)cc1. The Morgan fingerprint density at radius 3 is 2.69 bits per heavy atom. The summed E-state index contributed by atoms with van der Waals surface area (Å²) in [5.74, 6) is 0.945. The number of hydrogen-bond acceptors (Lipinski definition) is 6. The molecule has 1 heterocycles. The summed E-state index contributed by atoms with van der Waals surface area (Å²) >= 11 is 2.94. The molecule has 0 unspecified atom stereocenters. The van der Waals surface area contributed by atoms with Gasteiger partial charge in [0.15, 0.2) is 5.16 Å². The lowest BCUT2D eigenvalue weighted by Gasteiger charge is -2.09. The highest BCUT2D eigenvalue weighted by molar-refractivity contribution is 7.99. The van der Waals surface area contributed by atoms with E-state index in [9.17, 15) is 4.79 Å². The smallest absolute Gasteiger partial charge is 0.234 e. The summed E-state index contributed by atoms with van der Waals surface area (Å²) in [6.07, 6.45) is 3.61. The number of carbonyl (C=O) groups is 1. The molecule has 26 heavy (non-hydrogen) atoms. The van der Waals surface area contributed by atoms with Crippen LogP contribution in [0.3, 0.4) is 0 Å². The summed E-state index contributed by atoms with van der Waals surface area (Å²) in [5.41, 5.74) is 1.73. The Bertz CT molecular complexity index is 881. The Kier molecular flexibility index (Phi) is 6.19. The molecule has 0 bridgehead atoms. The van der Waals surface area contributed by atoms with Crippen LogP contribution in [0.4, 0.5) is 5.69 Å². The van der Waals surface area contributed by atoms with Gasteiger partial charge >= 0.3 is 0 Å². The Morgan fingerprint density at radius 2 is 1.96 bits per heavy atom. The number of ether oxygens (including phenoxy) is 1. The van der Waals surface area contributed by atoms with E-state index in [2.05, 4.69) is 15.5 Å². The first kappa shape index (κ1) is 18.3. The van der Waals surface area contributed by atoms with Gasteiger partial charge in [-0.05, 0) is 42.7 Å². The number of methoxy groups -OCH3 is 1. The molecule has 0 fully saturated rings. The van der Waals surface area contributed by atoms with Crippen LogP contribution in [-0.4, -0.2) is 39.8 Å². The third-order valence-electron chi connectivity index (χ3n) is 3.58. The molecular weight excluding hydrogens is 368 g/mol. The van der Waals surface area contributed by atoms with Gasteiger partial charge in [-0.1, -0.05) is 23.9 Å². The second-order valence-corrected chi connectivity index (χ2v) is 7.01. The maximum atomic E-state index is 12.3. The molecule has 3 rings (SSSR count). The van der Waals surface area contributed by atoms with Crippen molar-refractivity contribution in [1.82, 2.24) is 14.8 Å². The molecule has 0 saturated heterocycles. The molecule has 0 atom stereocenters. The summed E-state index contributed by atoms with van der Waals surface area (Å²) in [6, 6.07) is 15.3. The fourth-order valence-corrected chi connectivity index (χ4v) is 3.59. The van der Waals surface area contributed by atoms with Crippen molar-refractivity contribution in [2.45, 2.75) is 10.1 Å². The molecule has 0 spiro atoms. The first-order valence-corrected chi connectivity index (χ1v) is 10.0. The summed E-state index contributed by atoms with van der Waals surface area (Å²) in [7, 11) is 1.63. The minimum atomic E-state index is -0.0826. The molecule has 8 heteroatoms. The molecule has 1 amide bonds. The number of anilines is 1. The zero-order chi connectivity index (χ0) is 18.4. The minimum Gasteiger partial charge on any atom is -0.497 e. The van der Waals surface area contributed by atoms with Gasteiger partial charge in [-0.2, -0.15) is 0 Å². The van der Waals surface area contributed by atoms with Gasteiger partial charge in [0.05, 0.1) is 18.6 Å². The second-order valence-electron chi connectivity index (χ2n) is 5.22. The number of amides is 1. The normalized spacial score (nSPS) is 10.5. The van der Waals surface area contributed by atoms with Crippen LogP contribution < -0.4 is 10.1 Å². The topological polar surface area (TPSA) is 69.0 Å². The van der Waals surface area contributed by atoms with Gasteiger partial charge < -0.3 is 10.1 Å². The fraction of sp³-hybridized carbons (Fsp3) is 0.167. The van der Waals surface area contributed by atoms with Crippen molar-refractivity contribution in [3.63, 3.8) is 0 Å². The van der Waals surface area contributed by atoms with E-state index in [-0.39, 0.29) is 11.7 Å². The average Bonchev–Trinajstić information content (AvgIpc) is 3.15.